The van der Waals surface area contributed by atoms with E-state index in [2.05, 4.69) is 13.8 Å². The zero-order valence-electron chi connectivity index (χ0n) is 12.9. The van der Waals surface area contributed by atoms with Crippen LogP contribution in [0.1, 0.15) is 61.9 Å². The molecule has 0 fully saturated rings. The van der Waals surface area contributed by atoms with E-state index in [0.29, 0.717) is 0 Å². The van der Waals surface area contributed by atoms with E-state index < -0.39 is 5.97 Å². The number of benzene rings is 1. The standard InChI is InChI=1S/C16H24O3.Na/c1-12(2)8-5-3-4-6-9-13-10-7-11-14(15(13)17)16(18)19;/h7,10-12,17H,3-6,8-9H2,1-2H3,(H,18,19);. The first-order chi connectivity index (χ1) is 9.02. The van der Waals surface area contributed by atoms with Gasteiger partial charge in [0, 0.05) is 29.6 Å². The molecule has 1 rings (SSSR count). The minimum Gasteiger partial charge on any atom is -0.507 e. The van der Waals surface area contributed by atoms with Gasteiger partial charge in [0.1, 0.15) is 11.3 Å². The monoisotopic (exact) mass is 287 g/mol. The minimum absolute atomic E-state index is 0. The van der Waals surface area contributed by atoms with E-state index in [-0.39, 0.29) is 40.9 Å². The summed E-state index contributed by atoms with van der Waals surface area (Å²) in [5.41, 5.74) is 0.737. The topological polar surface area (TPSA) is 57.5 Å². The van der Waals surface area contributed by atoms with Crippen LogP contribution in [0.15, 0.2) is 18.2 Å². The Hall–Kier alpha value is -0.510. The van der Waals surface area contributed by atoms with E-state index in [4.69, 9.17) is 5.11 Å². The SMILES string of the molecule is CC(C)CCCCCCc1cccc(C(=O)O)c1O.[Na]. The molecule has 0 aromatic heterocycles. The Labute approximate surface area is 143 Å². The number of carbonyl (C=O) groups is 1. The predicted molar refractivity (Wildman–Crippen MR) is 82.4 cm³/mol. The van der Waals surface area contributed by atoms with Crippen LogP contribution >= 0.6 is 0 Å². The van der Waals surface area contributed by atoms with Crippen molar-refractivity contribution < 1.29 is 15.0 Å². The number of hydrogen-bond donors (Lipinski definition) is 2. The summed E-state index contributed by atoms with van der Waals surface area (Å²) in [4.78, 5) is 10.9. The third kappa shape index (κ3) is 6.78. The molecule has 0 aliphatic heterocycles. The van der Waals surface area contributed by atoms with Crippen molar-refractivity contribution in [2.75, 3.05) is 0 Å². The summed E-state index contributed by atoms with van der Waals surface area (Å²) in [6, 6.07) is 4.93. The fourth-order valence-electron chi connectivity index (χ4n) is 2.19. The van der Waals surface area contributed by atoms with Gasteiger partial charge in [0.2, 0.25) is 0 Å². The average molecular weight is 287 g/mol. The fourth-order valence-corrected chi connectivity index (χ4v) is 2.19. The molecule has 0 unspecified atom stereocenters. The van der Waals surface area contributed by atoms with Crippen LogP contribution in [0.3, 0.4) is 0 Å². The maximum atomic E-state index is 10.9. The summed E-state index contributed by atoms with van der Waals surface area (Å²) < 4.78 is 0. The van der Waals surface area contributed by atoms with E-state index in [0.717, 1.165) is 30.7 Å². The Morgan fingerprint density at radius 1 is 1.15 bits per heavy atom. The van der Waals surface area contributed by atoms with Crippen LogP contribution in [0.5, 0.6) is 5.75 Å². The molecular formula is C16H24NaO3. The Balaban J connectivity index is 0.00000361. The Kier molecular flexibility index (Phi) is 9.99. The number of phenols is 1. The molecule has 3 nitrogen and oxygen atoms in total. The quantitative estimate of drug-likeness (QED) is 0.564. The molecule has 1 aromatic rings. The third-order valence-electron chi connectivity index (χ3n) is 3.33. The second kappa shape index (κ2) is 10.3. The molecule has 4 heteroatoms. The third-order valence-corrected chi connectivity index (χ3v) is 3.33. The van der Waals surface area contributed by atoms with E-state index in [9.17, 15) is 9.90 Å². The maximum Gasteiger partial charge on any atom is 0.339 e. The number of unbranched alkanes of at least 4 members (excludes halogenated alkanes) is 3. The van der Waals surface area contributed by atoms with Gasteiger partial charge in [0.25, 0.3) is 0 Å². The Morgan fingerprint density at radius 2 is 1.80 bits per heavy atom. The first-order valence-electron chi connectivity index (χ1n) is 7.06. The predicted octanol–water partition coefficient (Wildman–Crippen LogP) is 3.86. The first-order valence-corrected chi connectivity index (χ1v) is 7.06. The molecule has 0 amide bonds. The van der Waals surface area contributed by atoms with Gasteiger partial charge < -0.3 is 10.2 Å². The number of aromatic hydroxyl groups is 1. The van der Waals surface area contributed by atoms with Gasteiger partial charge in [-0.05, 0) is 30.4 Å². The molecule has 0 spiro atoms. The molecule has 1 radical (unpaired) electrons. The largest absolute Gasteiger partial charge is 0.507 e. The summed E-state index contributed by atoms with van der Waals surface area (Å²) in [5.74, 6) is -0.384. The molecular weight excluding hydrogens is 263 g/mol. The molecule has 2 N–H and O–H groups in total. The van der Waals surface area contributed by atoms with E-state index in [1.807, 2.05) is 0 Å². The van der Waals surface area contributed by atoms with Crippen molar-refractivity contribution in [1.82, 2.24) is 0 Å². The van der Waals surface area contributed by atoms with Crippen molar-refractivity contribution in [1.29, 1.82) is 0 Å². The Morgan fingerprint density at radius 3 is 2.40 bits per heavy atom. The minimum atomic E-state index is -1.07. The van der Waals surface area contributed by atoms with Gasteiger partial charge in [0.05, 0.1) is 0 Å². The van der Waals surface area contributed by atoms with Crippen LogP contribution in [0.2, 0.25) is 0 Å². The number of hydrogen-bond acceptors (Lipinski definition) is 2. The van der Waals surface area contributed by atoms with Crippen molar-refractivity contribution in [3.8, 4) is 5.75 Å². The van der Waals surface area contributed by atoms with Crippen LogP contribution in [0.4, 0.5) is 0 Å². The van der Waals surface area contributed by atoms with Crippen molar-refractivity contribution in [2.45, 2.75) is 52.4 Å². The zero-order valence-corrected chi connectivity index (χ0v) is 14.9. The number of rotatable bonds is 8. The summed E-state index contributed by atoms with van der Waals surface area (Å²) in [6.45, 7) is 4.46. The van der Waals surface area contributed by atoms with Crippen LogP contribution in [-0.4, -0.2) is 45.7 Å². The maximum absolute atomic E-state index is 10.9. The van der Waals surface area contributed by atoms with Gasteiger partial charge in [0.15, 0.2) is 0 Å². The van der Waals surface area contributed by atoms with Crippen LogP contribution in [0.25, 0.3) is 0 Å². The van der Waals surface area contributed by atoms with Gasteiger partial charge in [-0.25, -0.2) is 4.79 Å². The average Bonchev–Trinajstić information content (AvgIpc) is 2.34. The molecule has 0 atom stereocenters. The second-order valence-corrected chi connectivity index (χ2v) is 5.47. The molecule has 20 heavy (non-hydrogen) atoms. The summed E-state index contributed by atoms with van der Waals surface area (Å²) in [5, 5.41) is 18.8. The molecule has 0 saturated heterocycles. The normalized spacial score (nSPS) is 10.3. The van der Waals surface area contributed by atoms with Crippen molar-refractivity contribution in [3.05, 3.63) is 29.3 Å². The molecule has 0 aliphatic carbocycles. The number of aryl methyl sites for hydroxylation is 1. The van der Waals surface area contributed by atoms with E-state index in [1.54, 1.807) is 12.1 Å². The number of carboxylic acids is 1. The number of aromatic carboxylic acids is 1. The van der Waals surface area contributed by atoms with Crippen molar-refractivity contribution >= 4 is 35.5 Å². The van der Waals surface area contributed by atoms with Crippen LogP contribution in [0, 0.1) is 5.92 Å². The summed E-state index contributed by atoms with van der Waals surface area (Å²) in [7, 11) is 0. The molecule has 0 heterocycles. The van der Waals surface area contributed by atoms with Gasteiger partial charge in [-0.1, -0.05) is 51.7 Å². The second-order valence-electron chi connectivity index (χ2n) is 5.47. The molecule has 0 aliphatic rings. The van der Waals surface area contributed by atoms with Crippen LogP contribution < -0.4 is 0 Å². The van der Waals surface area contributed by atoms with Gasteiger partial charge >= 0.3 is 5.97 Å². The van der Waals surface area contributed by atoms with Gasteiger partial charge in [-0.3, -0.25) is 0 Å². The van der Waals surface area contributed by atoms with Crippen molar-refractivity contribution in [2.24, 2.45) is 5.92 Å². The number of carboxylic acid groups (broad SMARTS) is 1. The molecule has 107 valence electrons. The first kappa shape index (κ1) is 19.5. The molecule has 1 aromatic carbocycles. The zero-order chi connectivity index (χ0) is 14.3. The number of para-hydroxylation sites is 1. The van der Waals surface area contributed by atoms with E-state index >= 15 is 0 Å². The van der Waals surface area contributed by atoms with Gasteiger partial charge in [-0.2, -0.15) is 0 Å². The van der Waals surface area contributed by atoms with Crippen molar-refractivity contribution in [3.63, 3.8) is 0 Å². The molecule has 0 bridgehead atoms. The van der Waals surface area contributed by atoms with E-state index in [1.165, 1.54) is 25.3 Å². The summed E-state index contributed by atoms with van der Waals surface area (Å²) >= 11 is 0. The Bertz CT molecular complexity index is 416. The smallest absolute Gasteiger partial charge is 0.339 e. The fraction of sp³-hybridized carbons (Fsp3) is 0.562. The van der Waals surface area contributed by atoms with Gasteiger partial charge in [-0.15, -0.1) is 0 Å². The molecule has 0 saturated carbocycles. The summed E-state index contributed by atoms with van der Waals surface area (Å²) in [6.07, 6.45) is 6.59. The van der Waals surface area contributed by atoms with Crippen LogP contribution in [-0.2, 0) is 6.42 Å².